The van der Waals surface area contributed by atoms with Crippen LogP contribution in [0.5, 0.6) is 0 Å². The van der Waals surface area contributed by atoms with Crippen molar-refractivity contribution in [1.82, 2.24) is 10.2 Å². The largest absolute Gasteiger partial charge is 0.383 e. The predicted molar refractivity (Wildman–Crippen MR) is 103 cm³/mol. The molecule has 0 bridgehead atoms. The lowest BCUT2D eigenvalue weighted by Crippen LogP contribution is -2.62. The van der Waals surface area contributed by atoms with E-state index in [0.717, 1.165) is 12.1 Å². The maximum Gasteiger partial charge on any atom is 0.247 e. The predicted octanol–water partition coefficient (Wildman–Crippen LogP) is 2.27. The Bertz CT molecular complexity index is 591. The fourth-order valence-corrected chi connectivity index (χ4v) is 3.32. The first-order valence-corrected chi connectivity index (χ1v) is 9.35. The SMILES string of the molecule is COCCNC(=O)C1(Nc2ccccc2)CCCN(C(=O)CC(C)C)C1. The van der Waals surface area contributed by atoms with Crippen molar-refractivity contribution in [2.24, 2.45) is 5.92 Å². The number of benzene rings is 1. The zero-order valence-corrected chi connectivity index (χ0v) is 16.1. The fourth-order valence-electron chi connectivity index (χ4n) is 3.32. The van der Waals surface area contributed by atoms with Gasteiger partial charge >= 0.3 is 0 Å². The second kappa shape index (κ2) is 9.57. The maximum absolute atomic E-state index is 13.0. The molecule has 1 aliphatic heterocycles. The molecule has 1 saturated heterocycles. The van der Waals surface area contributed by atoms with Crippen LogP contribution in [0, 0.1) is 5.92 Å². The zero-order chi connectivity index (χ0) is 19.0. The number of carbonyl (C=O) groups excluding carboxylic acids is 2. The standard InChI is InChI=1S/C20H31N3O3/c1-16(2)14-18(24)23-12-7-10-20(15-23,19(25)21-11-13-26-3)22-17-8-5-4-6-9-17/h4-6,8-9,16,22H,7,10-15H2,1-3H3,(H,21,25). The van der Waals surface area contributed by atoms with E-state index in [1.165, 1.54) is 0 Å². The van der Waals surface area contributed by atoms with Gasteiger partial charge in [-0.2, -0.15) is 0 Å². The lowest BCUT2D eigenvalue weighted by molar-refractivity contribution is -0.136. The Morgan fingerprint density at radius 2 is 2.00 bits per heavy atom. The van der Waals surface area contributed by atoms with Gasteiger partial charge in [-0.3, -0.25) is 9.59 Å². The van der Waals surface area contributed by atoms with Crippen molar-refractivity contribution in [2.75, 3.05) is 38.7 Å². The van der Waals surface area contributed by atoms with Gasteiger partial charge in [0, 0.05) is 32.3 Å². The maximum atomic E-state index is 13.0. The summed E-state index contributed by atoms with van der Waals surface area (Å²) in [5.74, 6) is 0.334. The van der Waals surface area contributed by atoms with Crippen LogP contribution in [0.2, 0.25) is 0 Å². The molecule has 0 aliphatic carbocycles. The lowest BCUT2D eigenvalue weighted by atomic mass is 9.87. The van der Waals surface area contributed by atoms with E-state index < -0.39 is 5.54 Å². The number of amides is 2. The van der Waals surface area contributed by atoms with Crippen LogP contribution in [0.15, 0.2) is 30.3 Å². The van der Waals surface area contributed by atoms with Gasteiger partial charge < -0.3 is 20.3 Å². The molecule has 1 aliphatic rings. The van der Waals surface area contributed by atoms with E-state index in [9.17, 15) is 9.59 Å². The molecule has 6 nitrogen and oxygen atoms in total. The molecule has 2 amide bonds. The van der Waals surface area contributed by atoms with Crippen LogP contribution in [0.4, 0.5) is 5.69 Å². The first-order chi connectivity index (χ1) is 12.5. The molecule has 0 aromatic heterocycles. The van der Waals surface area contributed by atoms with Gasteiger partial charge in [0.2, 0.25) is 11.8 Å². The molecule has 1 unspecified atom stereocenters. The van der Waals surface area contributed by atoms with Gasteiger partial charge in [0.25, 0.3) is 0 Å². The third kappa shape index (κ3) is 5.46. The fraction of sp³-hybridized carbons (Fsp3) is 0.600. The number of ether oxygens (including phenoxy) is 1. The molecule has 2 rings (SSSR count). The van der Waals surface area contributed by atoms with Gasteiger partial charge in [-0.05, 0) is 30.9 Å². The van der Waals surface area contributed by atoms with Crippen molar-refractivity contribution in [2.45, 2.75) is 38.6 Å². The van der Waals surface area contributed by atoms with Crippen molar-refractivity contribution in [3.8, 4) is 0 Å². The number of piperidine rings is 1. The van der Waals surface area contributed by atoms with Crippen molar-refractivity contribution < 1.29 is 14.3 Å². The molecule has 26 heavy (non-hydrogen) atoms. The number of hydrogen-bond donors (Lipinski definition) is 2. The summed E-state index contributed by atoms with van der Waals surface area (Å²) in [7, 11) is 1.61. The number of nitrogens with zero attached hydrogens (tertiary/aromatic N) is 1. The first kappa shape index (κ1) is 20.2. The molecule has 6 heteroatoms. The van der Waals surface area contributed by atoms with Gasteiger partial charge in [0.15, 0.2) is 0 Å². The normalized spacial score (nSPS) is 20.1. The molecule has 0 saturated carbocycles. The van der Waals surface area contributed by atoms with Crippen LogP contribution in [0.25, 0.3) is 0 Å². The molecule has 1 atom stereocenters. The summed E-state index contributed by atoms with van der Waals surface area (Å²) in [6, 6.07) is 9.70. The molecule has 2 N–H and O–H groups in total. The smallest absolute Gasteiger partial charge is 0.247 e. The second-order valence-corrected chi connectivity index (χ2v) is 7.34. The van der Waals surface area contributed by atoms with Crippen LogP contribution in [0.3, 0.4) is 0 Å². The topological polar surface area (TPSA) is 70.7 Å². The van der Waals surface area contributed by atoms with Gasteiger partial charge in [-0.1, -0.05) is 32.0 Å². The van der Waals surface area contributed by atoms with Crippen LogP contribution in [-0.4, -0.2) is 55.6 Å². The first-order valence-electron chi connectivity index (χ1n) is 9.35. The van der Waals surface area contributed by atoms with E-state index in [1.54, 1.807) is 7.11 Å². The summed E-state index contributed by atoms with van der Waals surface area (Å²) >= 11 is 0. The van der Waals surface area contributed by atoms with Crippen molar-refractivity contribution in [3.63, 3.8) is 0 Å². The average molecular weight is 361 g/mol. The zero-order valence-electron chi connectivity index (χ0n) is 16.1. The van der Waals surface area contributed by atoms with Crippen LogP contribution in [-0.2, 0) is 14.3 Å². The Kier molecular flexibility index (Phi) is 7.45. The lowest BCUT2D eigenvalue weighted by Gasteiger charge is -2.43. The third-order valence-electron chi connectivity index (χ3n) is 4.61. The van der Waals surface area contributed by atoms with E-state index >= 15 is 0 Å². The molecular formula is C20H31N3O3. The van der Waals surface area contributed by atoms with Crippen LogP contribution >= 0.6 is 0 Å². The van der Waals surface area contributed by atoms with Gasteiger partial charge in [0.1, 0.15) is 5.54 Å². The van der Waals surface area contributed by atoms with Crippen molar-refractivity contribution in [1.29, 1.82) is 0 Å². The minimum Gasteiger partial charge on any atom is -0.383 e. The Morgan fingerprint density at radius 3 is 2.65 bits per heavy atom. The van der Waals surface area contributed by atoms with Crippen LogP contribution in [0.1, 0.15) is 33.1 Å². The van der Waals surface area contributed by atoms with Crippen molar-refractivity contribution >= 4 is 17.5 Å². The molecule has 0 spiro atoms. The highest BCUT2D eigenvalue weighted by atomic mass is 16.5. The summed E-state index contributed by atoms with van der Waals surface area (Å²) in [6.07, 6.45) is 1.99. The minimum atomic E-state index is -0.819. The number of methoxy groups -OCH3 is 1. The number of para-hydroxylation sites is 1. The molecule has 1 heterocycles. The minimum absolute atomic E-state index is 0.0829. The quantitative estimate of drug-likeness (QED) is 0.697. The van der Waals surface area contributed by atoms with E-state index in [-0.39, 0.29) is 11.8 Å². The third-order valence-corrected chi connectivity index (χ3v) is 4.61. The molecule has 1 aromatic rings. The Morgan fingerprint density at radius 1 is 1.27 bits per heavy atom. The summed E-state index contributed by atoms with van der Waals surface area (Å²) < 4.78 is 5.03. The second-order valence-electron chi connectivity index (χ2n) is 7.34. The number of rotatable bonds is 8. The number of likely N-dealkylation sites (tertiary alicyclic amines) is 1. The van der Waals surface area contributed by atoms with Crippen molar-refractivity contribution in [3.05, 3.63) is 30.3 Å². The Hall–Kier alpha value is -2.08. The highest BCUT2D eigenvalue weighted by molar-refractivity contribution is 5.91. The Labute approximate surface area is 156 Å². The van der Waals surface area contributed by atoms with E-state index in [0.29, 0.717) is 45.0 Å². The summed E-state index contributed by atoms with van der Waals surface area (Å²) in [4.78, 5) is 27.4. The molecule has 144 valence electrons. The molecule has 1 aromatic carbocycles. The highest BCUT2D eigenvalue weighted by Gasteiger charge is 2.43. The van der Waals surface area contributed by atoms with Gasteiger partial charge in [-0.15, -0.1) is 0 Å². The van der Waals surface area contributed by atoms with Crippen LogP contribution < -0.4 is 10.6 Å². The molecular weight excluding hydrogens is 330 g/mol. The van der Waals surface area contributed by atoms with Gasteiger partial charge in [-0.25, -0.2) is 0 Å². The number of anilines is 1. The van der Waals surface area contributed by atoms with E-state index in [4.69, 9.17) is 4.74 Å². The number of carbonyl (C=O) groups is 2. The average Bonchev–Trinajstić information content (AvgIpc) is 2.62. The highest BCUT2D eigenvalue weighted by Crippen LogP contribution is 2.27. The summed E-state index contributed by atoms with van der Waals surface area (Å²) in [5.41, 5.74) is 0.0625. The molecule has 0 radical (unpaired) electrons. The summed E-state index contributed by atoms with van der Waals surface area (Å²) in [5, 5.41) is 6.36. The van der Waals surface area contributed by atoms with E-state index in [1.807, 2.05) is 49.1 Å². The Balaban J connectivity index is 2.18. The van der Waals surface area contributed by atoms with E-state index in [2.05, 4.69) is 10.6 Å². The molecule has 1 fully saturated rings. The summed E-state index contributed by atoms with van der Waals surface area (Å²) in [6.45, 7) is 6.07. The number of nitrogens with one attached hydrogen (secondary N) is 2. The monoisotopic (exact) mass is 361 g/mol. The number of hydrogen-bond acceptors (Lipinski definition) is 4. The van der Waals surface area contributed by atoms with Gasteiger partial charge in [0.05, 0.1) is 13.2 Å².